The average molecular weight is 277 g/mol. The van der Waals surface area contributed by atoms with Gasteiger partial charge in [0.1, 0.15) is 6.61 Å². The van der Waals surface area contributed by atoms with Gasteiger partial charge in [0.15, 0.2) is 0 Å². The lowest BCUT2D eigenvalue weighted by atomic mass is 10.1. The molecular weight excluding hydrogens is 266 g/mol. The zero-order valence-electron chi connectivity index (χ0n) is 10.6. The van der Waals surface area contributed by atoms with Gasteiger partial charge in [-0.2, -0.15) is 0 Å². The number of ether oxygens (including phenoxy) is 1. The van der Waals surface area contributed by atoms with Crippen LogP contribution in [0.25, 0.3) is 0 Å². The van der Waals surface area contributed by atoms with Crippen LogP contribution in [-0.2, 0) is 19.2 Å². The van der Waals surface area contributed by atoms with Crippen molar-refractivity contribution < 1.29 is 28.8 Å². The van der Waals surface area contributed by atoms with Gasteiger partial charge in [0.2, 0.25) is 0 Å². The molecule has 0 saturated heterocycles. The highest BCUT2D eigenvalue weighted by atomic mass is 16.7. The Balaban J connectivity index is 1.98. The molecule has 7 heteroatoms. The molecule has 104 valence electrons. The molecule has 1 heterocycles. The standard InChI is InChI=1S/C13H11NO6/c1-8(15)19-7-6-11(16)20-14-12(17)9-4-2-3-5-10(9)13(14)18/h2-5H,6-7H2,1H3. The largest absolute Gasteiger partial charge is 0.465 e. The van der Waals surface area contributed by atoms with E-state index in [0.29, 0.717) is 5.06 Å². The predicted octanol–water partition coefficient (Wildman–Crippen LogP) is 0.694. The Morgan fingerprint density at radius 3 is 2.15 bits per heavy atom. The predicted molar refractivity (Wildman–Crippen MR) is 64.3 cm³/mol. The quantitative estimate of drug-likeness (QED) is 0.594. The van der Waals surface area contributed by atoms with Crippen LogP contribution in [-0.4, -0.2) is 35.4 Å². The van der Waals surface area contributed by atoms with Crippen molar-refractivity contribution >= 4 is 23.8 Å². The number of nitrogens with zero attached hydrogens (tertiary/aromatic N) is 1. The first-order valence-electron chi connectivity index (χ1n) is 5.82. The molecule has 7 nitrogen and oxygen atoms in total. The van der Waals surface area contributed by atoms with Crippen LogP contribution in [0.2, 0.25) is 0 Å². The van der Waals surface area contributed by atoms with E-state index in [1.807, 2.05) is 0 Å². The van der Waals surface area contributed by atoms with Crippen molar-refractivity contribution in [1.82, 2.24) is 5.06 Å². The minimum atomic E-state index is -0.833. The fourth-order valence-electron chi connectivity index (χ4n) is 1.68. The van der Waals surface area contributed by atoms with Crippen LogP contribution in [0, 0.1) is 0 Å². The second-order valence-corrected chi connectivity index (χ2v) is 4.00. The number of benzene rings is 1. The summed E-state index contributed by atoms with van der Waals surface area (Å²) in [5.41, 5.74) is 0.371. The molecule has 0 atom stereocenters. The van der Waals surface area contributed by atoms with Gasteiger partial charge in [-0.1, -0.05) is 17.2 Å². The summed E-state index contributed by atoms with van der Waals surface area (Å²) in [6.45, 7) is 1.03. The number of hydrogen-bond acceptors (Lipinski definition) is 6. The number of carbonyl (C=O) groups excluding carboxylic acids is 4. The smallest absolute Gasteiger partial charge is 0.336 e. The normalized spacial score (nSPS) is 13.2. The summed E-state index contributed by atoms with van der Waals surface area (Å²) >= 11 is 0. The number of esters is 1. The number of imide groups is 1. The van der Waals surface area contributed by atoms with Gasteiger partial charge in [-0.25, -0.2) is 4.79 Å². The molecule has 2 rings (SSSR count). The summed E-state index contributed by atoms with van der Waals surface area (Å²) in [4.78, 5) is 50.4. The highest BCUT2D eigenvalue weighted by Crippen LogP contribution is 2.22. The van der Waals surface area contributed by atoms with Gasteiger partial charge in [-0.15, -0.1) is 0 Å². The van der Waals surface area contributed by atoms with Crippen LogP contribution in [0.1, 0.15) is 34.1 Å². The molecule has 0 spiro atoms. The van der Waals surface area contributed by atoms with Crippen molar-refractivity contribution in [3.8, 4) is 0 Å². The van der Waals surface area contributed by atoms with Crippen LogP contribution < -0.4 is 0 Å². The molecule has 0 aromatic heterocycles. The first-order valence-corrected chi connectivity index (χ1v) is 5.82. The maximum Gasteiger partial charge on any atom is 0.336 e. The van der Waals surface area contributed by atoms with Crippen LogP contribution in [0.4, 0.5) is 0 Å². The molecule has 2 amide bonds. The topological polar surface area (TPSA) is 90.0 Å². The Morgan fingerprint density at radius 1 is 1.10 bits per heavy atom. The molecular formula is C13H11NO6. The Kier molecular flexibility index (Phi) is 3.79. The summed E-state index contributed by atoms with van der Waals surface area (Å²) in [5, 5.41) is 0.417. The monoisotopic (exact) mass is 277 g/mol. The minimum Gasteiger partial charge on any atom is -0.465 e. The minimum absolute atomic E-state index is 0.169. The summed E-state index contributed by atoms with van der Waals surface area (Å²) < 4.78 is 4.56. The molecule has 1 aliphatic heterocycles. The van der Waals surface area contributed by atoms with Crippen LogP contribution in [0.5, 0.6) is 0 Å². The summed E-state index contributed by atoms with van der Waals surface area (Å²) in [7, 11) is 0. The molecule has 1 aromatic rings. The zero-order valence-corrected chi connectivity index (χ0v) is 10.6. The molecule has 0 N–H and O–H groups in total. The lowest BCUT2D eigenvalue weighted by Gasteiger charge is -2.12. The number of rotatable bonds is 4. The first-order chi connectivity index (χ1) is 9.50. The molecule has 0 aliphatic carbocycles. The van der Waals surface area contributed by atoms with E-state index in [2.05, 4.69) is 4.74 Å². The zero-order chi connectivity index (χ0) is 14.7. The number of amides is 2. The summed E-state index contributed by atoms with van der Waals surface area (Å²) in [5.74, 6) is -2.74. The maximum absolute atomic E-state index is 11.9. The Hall–Kier alpha value is -2.70. The van der Waals surface area contributed by atoms with Crippen molar-refractivity contribution in [3.05, 3.63) is 35.4 Å². The van der Waals surface area contributed by atoms with E-state index in [1.165, 1.54) is 19.1 Å². The number of hydroxylamine groups is 2. The van der Waals surface area contributed by atoms with E-state index in [4.69, 9.17) is 4.84 Å². The molecule has 0 unspecified atom stereocenters. The Labute approximate surface area is 114 Å². The van der Waals surface area contributed by atoms with Gasteiger partial charge >= 0.3 is 11.9 Å². The van der Waals surface area contributed by atoms with Gasteiger partial charge in [0.05, 0.1) is 17.5 Å². The third kappa shape index (κ3) is 2.66. The van der Waals surface area contributed by atoms with E-state index in [9.17, 15) is 19.2 Å². The van der Waals surface area contributed by atoms with Crippen LogP contribution in [0.3, 0.4) is 0 Å². The first kappa shape index (κ1) is 13.7. The fourth-order valence-corrected chi connectivity index (χ4v) is 1.68. The van der Waals surface area contributed by atoms with Crippen molar-refractivity contribution in [2.75, 3.05) is 6.61 Å². The molecule has 0 bridgehead atoms. The van der Waals surface area contributed by atoms with Crippen molar-refractivity contribution in [1.29, 1.82) is 0 Å². The maximum atomic E-state index is 11.9. The van der Waals surface area contributed by atoms with Gasteiger partial charge < -0.3 is 9.57 Å². The fraction of sp³-hybridized carbons (Fsp3) is 0.231. The highest BCUT2D eigenvalue weighted by Gasteiger charge is 2.38. The Morgan fingerprint density at radius 2 is 1.65 bits per heavy atom. The second-order valence-electron chi connectivity index (χ2n) is 4.00. The van der Waals surface area contributed by atoms with Crippen LogP contribution in [0.15, 0.2) is 24.3 Å². The van der Waals surface area contributed by atoms with E-state index in [0.717, 1.165) is 0 Å². The van der Waals surface area contributed by atoms with Crippen molar-refractivity contribution in [3.63, 3.8) is 0 Å². The van der Waals surface area contributed by atoms with Gasteiger partial charge in [-0.3, -0.25) is 14.4 Å². The van der Waals surface area contributed by atoms with Crippen LogP contribution >= 0.6 is 0 Å². The third-order valence-corrected chi connectivity index (χ3v) is 2.56. The van der Waals surface area contributed by atoms with Crippen molar-refractivity contribution in [2.45, 2.75) is 13.3 Å². The molecule has 0 fully saturated rings. The van der Waals surface area contributed by atoms with E-state index < -0.39 is 23.8 Å². The third-order valence-electron chi connectivity index (χ3n) is 2.56. The van der Waals surface area contributed by atoms with E-state index >= 15 is 0 Å². The van der Waals surface area contributed by atoms with E-state index in [-0.39, 0.29) is 24.2 Å². The lowest BCUT2D eigenvalue weighted by molar-refractivity contribution is -0.170. The molecule has 0 saturated carbocycles. The number of hydrogen-bond donors (Lipinski definition) is 0. The molecule has 20 heavy (non-hydrogen) atoms. The number of fused-ring (bicyclic) bond motifs is 1. The van der Waals surface area contributed by atoms with E-state index in [1.54, 1.807) is 12.1 Å². The summed E-state index contributed by atoms with van der Waals surface area (Å²) in [6.07, 6.45) is -0.243. The van der Waals surface area contributed by atoms with Gasteiger partial charge in [0.25, 0.3) is 11.8 Å². The SMILES string of the molecule is CC(=O)OCCC(=O)ON1C(=O)c2ccccc2C1=O. The molecule has 1 aliphatic rings. The molecule has 0 radical (unpaired) electrons. The lowest BCUT2D eigenvalue weighted by Crippen LogP contribution is -2.33. The Bertz CT molecular complexity index is 559. The second kappa shape index (κ2) is 5.52. The molecule has 1 aromatic carbocycles. The average Bonchev–Trinajstić information content (AvgIpc) is 2.64. The van der Waals surface area contributed by atoms with Gasteiger partial charge in [0, 0.05) is 6.92 Å². The number of carbonyl (C=O) groups is 4. The van der Waals surface area contributed by atoms with Crippen molar-refractivity contribution in [2.24, 2.45) is 0 Å². The summed E-state index contributed by atoms with van der Waals surface area (Å²) in [6, 6.07) is 6.16. The highest BCUT2D eigenvalue weighted by molar-refractivity contribution is 6.20. The van der Waals surface area contributed by atoms with Gasteiger partial charge in [-0.05, 0) is 12.1 Å².